The predicted molar refractivity (Wildman–Crippen MR) is 96.6 cm³/mol. The van der Waals surface area contributed by atoms with Gasteiger partial charge in [-0.3, -0.25) is 0 Å². The summed E-state index contributed by atoms with van der Waals surface area (Å²) in [5.74, 6) is -3.38. The zero-order chi connectivity index (χ0) is 20.0. The van der Waals surface area contributed by atoms with Crippen LogP contribution in [0.25, 0.3) is 6.08 Å². The number of aromatic nitrogens is 2. The van der Waals surface area contributed by atoms with E-state index in [-0.39, 0.29) is 5.56 Å². The van der Waals surface area contributed by atoms with Crippen molar-refractivity contribution >= 4 is 24.0 Å². The van der Waals surface area contributed by atoms with Gasteiger partial charge in [-0.05, 0) is 30.2 Å². The van der Waals surface area contributed by atoms with E-state index in [1.807, 2.05) is 6.92 Å². The zero-order valence-corrected chi connectivity index (χ0v) is 14.8. The van der Waals surface area contributed by atoms with Gasteiger partial charge in [-0.1, -0.05) is 25.5 Å². The van der Waals surface area contributed by atoms with Gasteiger partial charge >= 0.3 is 17.9 Å². The molecule has 2 rings (SSSR count). The lowest BCUT2D eigenvalue weighted by Gasteiger charge is -2.11. The molecule has 1 heterocycles. The second-order valence-electron chi connectivity index (χ2n) is 5.96. The first-order valence-electron chi connectivity index (χ1n) is 8.38. The van der Waals surface area contributed by atoms with Crippen LogP contribution in [-0.4, -0.2) is 42.8 Å². The molecule has 3 N–H and O–H groups in total. The fourth-order valence-corrected chi connectivity index (χ4v) is 2.56. The molecule has 2 aromatic rings. The number of aliphatic carboxylic acids is 2. The zero-order valence-electron chi connectivity index (χ0n) is 14.8. The van der Waals surface area contributed by atoms with Crippen molar-refractivity contribution in [1.29, 1.82) is 0 Å². The largest absolute Gasteiger partial charge is 0.478 e. The normalized spacial score (nSPS) is 10.4. The van der Waals surface area contributed by atoms with Gasteiger partial charge in [0.25, 0.3) is 0 Å². The highest BCUT2D eigenvalue weighted by Gasteiger charge is 2.18. The standard InChI is InChI=1S/C19H20N2O6/c1-2-3-4-16-20-10-14(9-15(18(24)25)19(26)27)21(16)11-12-5-7-13(8-6-12)17(22)23/h5-10H,2-4,11H2,1H3,(H,22,23)(H,24,25)(H,26,27). The highest BCUT2D eigenvalue weighted by Crippen LogP contribution is 2.16. The van der Waals surface area contributed by atoms with Gasteiger partial charge in [0.1, 0.15) is 11.4 Å². The molecule has 0 aliphatic heterocycles. The third kappa shape index (κ3) is 5.04. The molecule has 142 valence electrons. The van der Waals surface area contributed by atoms with Crippen molar-refractivity contribution in [2.24, 2.45) is 0 Å². The fourth-order valence-electron chi connectivity index (χ4n) is 2.56. The summed E-state index contributed by atoms with van der Waals surface area (Å²) in [7, 11) is 0. The summed E-state index contributed by atoms with van der Waals surface area (Å²) in [6, 6.07) is 6.29. The topological polar surface area (TPSA) is 130 Å². The minimum Gasteiger partial charge on any atom is -0.478 e. The average Bonchev–Trinajstić information content (AvgIpc) is 2.99. The minimum absolute atomic E-state index is 0.162. The molecule has 0 spiro atoms. The molecule has 0 saturated heterocycles. The molecule has 0 bridgehead atoms. The third-order valence-corrected chi connectivity index (χ3v) is 4.02. The molecule has 0 radical (unpaired) electrons. The molecule has 0 atom stereocenters. The van der Waals surface area contributed by atoms with Gasteiger partial charge in [-0.2, -0.15) is 0 Å². The molecule has 0 amide bonds. The van der Waals surface area contributed by atoms with Gasteiger partial charge < -0.3 is 19.9 Å². The van der Waals surface area contributed by atoms with Crippen molar-refractivity contribution in [2.75, 3.05) is 0 Å². The lowest BCUT2D eigenvalue weighted by Crippen LogP contribution is -2.13. The maximum absolute atomic E-state index is 11.2. The van der Waals surface area contributed by atoms with Gasteiger partial charge in [0.15, 0.2) is 0 Å². The van der Waals surface area contributed by atoms with Crippen LogP contribution in [0.15, 0.2) is 36.0 Å². The van der Waals surface area contributed by atoms with E-state index in [0.29, 0.717) is 24.5 Å². The Morgan fingerprint density at radius 1 is 1.07 bits per heavy atom. The first-order valence-corrected chi connectivity index (χ1v) is 8.38. The van der Waals surface area contributed by atoms with Crippen LogP contribution >= 0.6 is 0 Å². The van der Waals surface area contributed by atoms with E-state index in [1.54, 1.807) is 16.7 Å². The number of carboxylic acids is 3. The van der Waals surface area contributed by atoms with Crippen molar-refractivity contribution in [1.82, 2.24) is 9.55 Å². The van der Waals surface area contributed by atoms with E-state index >= 15 is 0 Å². The second-order valence-corrected chi connectivity index (χ2v) is 5.96. The van der Waals surface area contributed by atoms with E-state index in [0.717, 1.165) is 24.5 Å². The monoisotopic (exact) mass is 372 g/mol. The number of carboxylic acid groups (broad SMARTS) is 3. The molecule has 0 unspecified atom stereocenters. The average molecular weight is 372 g/mol. The van der Waals surface area contributed by atoms with Crippen molar-refractivity contribution in [3.63, 3.8) is 0 Å². The van der Waals surface area contributed by atoms with Crippen LogP contribution in [0.4, 0.5) is 0 Å². The number of benzene rings is 1. The molecule has 1 aromatic carbocycles. The highest BCUT2D eigenvalue weighted by molar-refractivity contribution is 6.16. The van der Waals surface area contributed by atoms with Crippen LogP contribution in [0.1, 0.15) is 47.2 Å². The molecule has 0 fully saturated rings. The summed E-state index contributed by atoms with van der Waals surface area (Å²) in [6.45, 7) is 2.35. The molecular formula is C19H20N2O6. The summed E-state index contributed by atoms with van der Waals surface area (Å²) < 4.78 is 1.75. The molecule has 0 saturated carbocycles. The molecule has 0 aliphatic carbocycles. The van der Waals surface area contributed by atoms with E-state index in [1.165, 1.54) is 18.3 Å². The van der Waals surface area contributed by atoms with Gasteiger partial charge in [0.05, 0.1) is 17.5 Å². The SMILES string of the molecule is CCCCc1ncc(C=C(C(=O)O)C(=O)O)n1Cc1ccc(C(=O)O)cc1. The Labute approximate surface area is 155 Å². The number of nitrogens with zero attached hydrogens (tertiary/aromatic N) is 2. The first-order chi connectivity index (χ1) is 12.8. The Kier molecular flexibility index (Phi) is 6.48. The summed E-state index contributed by atoms with van der Waals surface area (Å²) in [5, 5.41) is 27.2. The number of hydrogen-bond donors (Lipinski definition) is 3. The van der Waals surface area contributed by atoms with Gasteiger partial charge in [0, 0.05) is 13.0 Å². The Bertz CT molecular complexity index is 864. The van der Waals surface area contributed by atoms with Crippen LogP contribution in [0, 0.1) is 0 Å². The summed E-state index contributed by atoms with van der Waals surface area (Å²) in [4.78, 5) is 37.6. The Morgan fingerprint density at radius 3 is 2.22 bits per heavy atom. The number of aromatic carboxylic acids is 1. The number of carbonyl (C=O) groups is 3. The van der Waals surface area contributed by atoms with Gasteiger partial charge in [-0.25, -0.2) is 19.4 Å². The fraction of sp³-hybridized carbons (Fsp3) is 0.263. The van der Waals surface area contributed by atoms with Crippen molar-refractivity contribution < 1.29 is 29.7 Å². The van der Waals surface area contributed by atoms with Crippen molar-refractivity contribution in [2.45, 2.75) is 32.7 Å². The first kappa shape index (κ1) is 19.9. The molecule has 0 aliphatic rings. The van der Waals surface area contributed by atoms with E-state index in [4.69, 9.17) is 15.3 Å². The van der Waals surface area contributed by atoms with E-state index in [2.05, 4.69) is 4.98 Å². The van der Waals surface area contributed by atoms with E-state index < -0.39 is 23.5 Å². The Hall–Kier alpha value is -3.42. The van der Waals surface area contributed by atoms with Crippen LogP contribution in [-0.2, 0) is 22.6 Å². The summed E-state index contributed by atoms with van der Waals surface area (Å²) >= 11 is 0. The maximum atomic E-state index is 11.2. The van der Waals surface area contributed by atoms with Crippen LogP contribution in [0.3, 0.4) is 0 Å². The molecule has 27 heavy (non-hydrogen) atoms. The molecular weight excluding hydrogens is 352 g/mol. The molecule has 8 nitrogen and oxygen atoms in total. The number of unbranched alkanes of at least 4 members (excludes halogenated alkanes) is 1. The Balaban J connectivity index is 2.43. The summed E-state index contributed by atoms with van der Waals surface area (Å²) in [6.07, 6.45) is 5.01. The second kappa shape index (κ2) is 8.79. The van der Waals surface area contributed by atoms with Crippen molar-refractivity contribution in [3.8, 4) is 0 Å². The predicted octanol–water partition coefficient (Wildman–Crippen LogP) is 2.52. The Morgan fingerprint density at radius 2 is 1.70 bits per heavy atom. The molecule has 1 aromatic heterocycles. The smallest absolute Gasteiger partial charge is 0.343 e. The number of aryl methyl sites for hydroxylation is 1. The third-order valence-electron chi connectivity index (χ3n) is 4.02. The van der Waals surface area contributed by atoms with Gasteiger partial charge in [-0.15, -0.1) is 0 Å². The number of hydrogen-bond acceptors (Lipinski definition) is 4. The van der Waals surface area contributed by atoms with Crippen LogP contribution < -0.4 is 0 Å². The van der Waals surface area contributed by atoms with Crippen LogP contribution in [0.5, 0.6) is 0 Å². The van der Waals surface area contributed by atoms with E-state index in [9.17, 15) is 14.4 Å². The maximum Gasteiger partial charge on any atom is 0.343 e. The summed E-state index contributed by atoms with van der Waals surface area (Å²) in [5.41, 5.74) is 0.565. The number of imidazole rings is 1. The lowest BCUT2D eigenvalue weighted by molar-refractivity contribution is -0.140. The van der Waals surface area contributed by atoms with Gasteiger partial charge in [0.2, 0.25) is 0 Å². The number of rotatable bonds is 9. The highest BCUT2D eigenvalue weighted by atomic mass is 16.4. The van der Waals surface area contributed by atoms with Crippen LogP contribution in [0.2, 0.25) is 0 Å². The lowest BCUT2D eigenvalue weighted by atomic mass is 10.1. The quantitative estimate of drug-likeness (QED) is 0.350. The van der Waals surface area contributed by atoms with Crippen molar-refractivity contribution in [3.05, 3.63) is 58.7 Å². The molecule has 8 heteroatoms. The minimum atomic E-state index is -1.53.